The monoisotopic (exact) mass is 358 g/mol. The number of rotatable bonds is 5. The lowest BCUT2D eigenvalue weighted by Crippen LogP contribution is -2.24. The third kappa shape index (κ3) is 4.26. The Hall–Kier alpha value is -2.20. The Morgan fingerprint density at radius 3 is 2.48 bits per heavy atom. The highest BCUT2D eigenvalue weighted by Crippen LogP contribution is 2.29. The predicted molar refractivity (Wildman–Crippen MR) is 103 cm³/mol. The van der Waals surface area contributed by atoms with Gasteiger partial charge in [-0.3, -0.25) is 4.79 Å². The Morgan fingerprint density at radius 2 is 1.80 bits per heavy atom. The van der Waals surface area contributed by atoms with Crippen LogP contribution >= 0.6 is 11.6 Å². The van der Waals surface area contributed by atoms with Crippen LogP contribution in [0.5, 0.6) is 5.75 Å². The molecular formula is C20H23ClN2O2. The fraction of sp³-hybridized carbons (Fsp3) is 0.350. The Kier molecular flexibility index (Phi) is 5.49. The van der Waals surface area contributed by atoms with Gasteiger partial charge < -0.3 is 15.0 Å². The van der Waals surface area contributed by atoms with E-state index in [4.69, 9.17) is 16.3 Å². The third-order valence-electron chi connectivity index (χ3n) is 4.40. The predicted octanol–water partition coefficient (Wildman–Crippen LogP) is 4.57. The number of benzene rings is 2. The van der Waals surface area contributed by atoms with Gasteiger partial charge in [-0.2, -0.15) is 0 Å². The number of ether oxygens (including phenoxy) is 1. The summed E-state index contributed by atoms with van der Waals surface area (Å²) in [7, 11) is 0. The quantitative estimate of drug-likeness (QED) is 0.850. The molecule has 2 aromatic carbocycles. The summed E-state index contributed by atoms with van der Waals surface area (Å²) in [6.45, 7) is 5.89. The van der Waals surface area contributed by atoms with E-state index in [1.54, 1.807) is 0 Å². The van der Waals surface area contributed by atoms with Crippen molar-refractivity contribution in [3.8, 4) is 5.75 Å². The number of halogens is 1. The number of nitrogens with one attached hydrogen (secondary N) is 1. The molecule has 1 heterocycles. The number of hydrogen-bond acceptors (Lipinski definition) is 3. The Bertz CT molecular complexity index is 747. The molecule has 1 saturated heterocycles. The first-order valence-corrected chi connectivity index (χ1v) is 8.96. The molecule has 0 aliphatic carbocycles. The van der Waals surface area contributed by atoms with Crippen LogP contribution in [0.4, 0.5) is 11.4 Å². The molecule has 132 valence electrons. The smallest absolute Gasteiger partial charge is 0.262 e. The van der Waals surface area contributed by atoms with Gasteiger partial charge in [-0.05, 0) is 62.1 Å². The van der Waals surface area contributed by atoms with E-state index in [0.29, 0.717) is 10.8 Å². The molecule has 5 heteroatoms. The summed E-state index contributed by atoms with van der Waals surface area (Å²) in [4.78, 5) is 14.7. The van der Waals surface area contributed by atoms with Gasteiger partial charge in [0.25, 0.3) is 5.91 Å². The van der Waals surface area contributed by atoms with Crippen LogP contribution in [0.3, 0.4) is 0 Å². The summed E-state index contributed by atoms with van der Waals surface area (Å²) in [6.07, 6.45) is 2.39. The topological polar surface area (TPSA) is 41.6 Å². The minimum absolute atomic E-state index is 0.0301. The fourth-order valence-electron chi connectivity index (χ4n) is 3.26. The van der Waals surface area contributed by atoms with Gasteiger partial charge in [-0.25, -0.2) is 0 Å². The van der Waals surface area contributed by atoms with Crippen molar-refractivity contribution in [2.45, 2.75) is 26.7 Å². The number of para-hydroxylation sites is 2. The summed E-state index contributed by atoms with van der Waals surface area (Å²) >= 11 is 6.03. The van der Waals surface area contributed by atoms with Gasteiger partial charge in [0.1, 0.15) is 5.75 Å². The molecule has 3 rings (SSSR count). The van der Waals surface area contributed by atoms with E-state index in [0.717, 1.165) is 35.6 Å². The molecule has 0 spiro atoms. The lowest BCUT2D eigenvalue weighted by atomic mass is 10.1. The van der Waals surface area contributed by atoms with Gasteiger partial charge in [0.05, 0.1) is 11.4 Å². The van der Waals surface area contributed by atoms with Crippen LogP contribution in [0.1, 0.15) is 24.0 Å². The van der Waals surface area contributed by atoms with Crippen LogP contribution in [-0.4, -0.2) is 25.6 Å². The molecule has 2 aromatic rings. The summed E-state index contributed by atoms with van der Waals surface area (Å²) in [5, 5.41) is 3.65. The second kappa shape index (κ2) is 7.79. The largest absolute Gasteiger partial charge is 0.483 e. The minimum atomic E-state index is -0.166. The summed E-state index contributed by atoms with van der Waals surface area (Å²) in [5.74, 6) is 0.549. The van der Waals surface area contributed by atoms with Crippen LogP contribution in [0.25, 0.3) is 0 Å². The van der Waals surface area contributed by atoms with Crippen molar-refractivity contribution in [1.29, 1.82) is 0 Å². The van der Waals surface area contributed by atoms with E-state index < -0.39 is 0 Å². The number of nitrogens with zero attached hydrogens (tertiary/aromatic N) is 1. The maximum absolute atomic E-state index is 12.4. The van der Waals surface area contributed by atoms with Crippen molar-refractivity contribution in [1.82, 2.24) is 0 Å². The van der Waals surface area contributed by atoms with Gasteiger partial charge in [0, 0.05) is 18.1 Å². The fourth-order valence-corrected chi connectivity index (χ4v) is 3.59. The first-order valence-electron chi connectivity index (χ1n) is 8.58. The molecule has 1 amide bonds. The first-order chi connectivity index (χ1) is 12.0. The number of aryl methyl sites for hydroxylation is 2. The number of amides is 1. The Morgan fingerprint density at radius 1 is 1.16 bits per heavy atom. The highest BCUT2D eigenvalue weighted by atomic mass is 35.5. The van der Waals surface area contributed by atoms with Gasteiger partial charge in [-0.15, -0.1) is 0 Å². The lowest BCUT2D eigenvalue weighted by Gasteiger charge is -2.21. The molecule has 1 aliphatic rings. The van der Waals surface area contributed by atoms with E-state index in [1.165, 1.54) is 12.8 Å². The SMILES string of the molecule is Cc1cc(Cl)cc(C)c1OCC(=O)Nc1ccccc1N1CCCC1. The summed E-state index contributed by atoms with van der Waals surface area (Å²) < 4.78 is 5.74. The van der Waals surface area contributed by atoms with Gasteiger partial charge in [-0.1, -0.05) is 23.7 Å². The number of anilines is 2. The number of carbonyl (C=O) groups excluding carboxylic acids is 1. The van der Waals surface area contributed by atoms with Crippen LogP contribution < -0.4 is 15.0 Å². The van der Waals surface area contributed by atoms with Crippen molar-refractivity contribution < 1.29 is 9.53 Å². The zero-order valence-corrected chi connectivity index (χ0v) is 15.4. The van der Waals surface area contributed by atoms with Crippen molar-refractivity contribution in [3.63, 3.8) is 0 Å². The van der Waals surface area contributed by atoms with Crippen LogP contribution in [-0.2, 0) is 4.79 Å². The second-order valence-corrected chi connectivity index (χ2v) is 6.85. The van der Waals surface area contributed by atoms with Crippen molar-refractivity contribution in [2.75, 3.05) is 29.9 Å². The van der Waals surface area contributed by atoms with E-state index in [1.807, 2.05) is 44.2 Å². The van der Waals surface area contributed by atoms with Crippen LogP contribution in [0, 0.1) is 13.8 Å². The normalized spacial score (nSPS) is 13.8. The molecule has 1 fully saturated rings. The summed E-state index contributed by atoms with van der Waals surface area (Å²) in [5.41, 5.74) is 3.76. The van der Waals surface area contributed by atoms with E-state index >= 15 is 0 Å². The molecule has 0 aromatic heterocycles. The second-order valence-electron chi connectivity index (χ2n) is 6.42. The molecule has 0 radical (unpaired) electrons. The maximum atomic E-state index is 12.4. The van der Waals surface area contributed by atoms with E-state index in [2.05, 4.69) is 16.3 Å². The van der Waals surface area contributed by atoms with Crippen molar-refractivity contribution in [2.24, 2.45) is 0 Å². The average molecular weight is 359 g/mol. The van der Waals surface area contributed by atoms with E-state index in [9.17, 15) is 4.79 Å². The van der Waals surface area contributed by atoms with Gasteiger partial charge in [0.15, 0.2) is 6.61 Å². The summed E-state index contributed by atoms with van der Waals surface area (Å²) in [6, 6.07) is 11.6. The molecule has 4 nitrogen and oxygen atoms in total. The number of carbonyl (C=O) groups is 1. The molecule has 0 saturated carbocycles. The number of hydrogen-bond donors (Lipinski definition) is 1. The van der Waals surface area contributed by atoms with Crippen molar-refractivity contribution in [3.05, 3.63) is 52.5 Å². The van der Waals surface area contributed by atoms with Crippen LogP contribution in [0.15, 0.2) is 36.4 Å². The zero-order valence-electron chi connectivity index (χ0n) is 14.6. The minimum Gasteiger partial charge on any atom is -0.483 e. The molecule has 1 N–H and O–H groups in total. The third-order valence-corrected chi connectivity index (χ3v) is 4.62. The molecule has 0 bridgehead atoms. The van der Waals surface area contributed by atoms with Crippen LogP contribution in [0.2, 0.25) is 5.02 Å². The molecule has 25 heavy (non-hydrogen) atoms. The lowest BCUT2D eigenvalue weighted by molar-refractivity contribution is -0.118. The van der Waals surface area contributed by atoms with Crippen molar-refractivity contribution >= 4 is 28.9 Å². The first kappa shape index (κ1) is 17.6. The highest BCUT2D eigenvalue weighted by molar-refractivity contribution is 6.30. The molecular weight excluding hydrogens is 336 g/mol. The molecule has 0 unspecified atom stereocenters. The molecule has 1 aliphatic heterocycles. The zero-order chi connectivity index (χ0) is 17.8. The highest BCUT2D eigenvalue weighted by Gasteiger charge is 2.17. The van der Waals surface area contributed by atoms with Gasteiger partial charge >= 0.3 is 0 Å². The van der Waals surface area contributed by atoms with E-state index in [-0.39, 0.29) is 12.5 Å². The van der Waals surface area contributed by atoms with Gasteiger partial charge in [0.2, 0.25) is 0 Å². The Labute approximate surface area is 153 Å². The average Bonchev–Trinajstić information content (AvgIpc) is 3.08. The standard InChI is InChI=1S/C20H23ClN2O2/c1-14-11-16(21)12-15(2)20(14)25-13-19(24)22-17-7-3-4-8-18(17)23-9-5-6-10-23/h3-4,7-8,11-12H,5-6,9-10,13H2,1-2H3,(H,22,24). The Balaban J connectivity index is 1.66. The molecule has 0 atom stereocenters. The maximum Gasteiger partial charge on any atom is 0.262 e.